The summed E-state index contributed by atoms with van der Waals surface area (Å²) in [5, 5.41) is 8.75. The molecule has 4 aromatic heterocycles. The molecule has 1 unspecified atom stereocenters. The van der Waals surface area contributed by atoms with Gasteiger partial charge in [-0.05, 0) is 45.2 Å². The summed E-state index contributed by atoms with van der Waals surface area (Å²) in [6.45, 7) is 6.15. The second-order valence-electron chi connectivity index (χ2n) is 8.77. The molecule has 0 N–H and O–H groups in total. The summed E-state index contributed by atoms with van der Waals surface area (Å²) in [4.78, 5) is 4.93. The van der Waals surface area contributed by atoms with Gasteiger partial charge < -0.3 is 9.09 Å². The Labute approximate surface area is 186 Å². The Morgan fingerprint density at radius 3 is 2.56 bits per heavy atom. The molecule has 0 saturated heterocycles. The first-order chi connectivity index (χ1) is 15.6. The molecular weight excluding hydrogens is 398 g/mol. The standard InChI is InChI=1S/C26H25N5O/c1-16-25(18(3)32-29-16)20-11-24-26(27-12-20)23(21-13-28-31(14-21)22-9-10-22)15-30(24)17(2)19-7-5-4-6-8-19/h4-8,11-15,17,22H,9-10H2,1-3H3. The third-order valence-electron chi connectivity index (χ3n) is 6.52. The van der Waals surface area contributed by atoms with Crippen LogP contribution in [0.3, 0.4) is 0 Å². The van der Waals surface area contributed by atoms with Crippen molar-refractivity contribution >= 4 is 11.0 Å². The molecule has 0 bridgehead atoms. The van der Waals surface area contributed by atoms with Crippen LogP contribution in [0.2, 0.25) is 0 Å². The van der Waals surface area contributed by atoms with Crippen molar-refractivity contribution in [1.29, 1.82) is 0 Å². The predicted octanol–water partition coefficient (Wildman–Crippen LogP) is 6.12. The van der Waals surface area contributed by atoms with Crippen molar-refractivity contribution in [2.75, 3.05) is 0 Å². The van der Waals surface area contributed by atoms with E-state index in [9.17, 15) is 0 Å². The summed E-state index contributed by atoms with van der Waals surface area (Å²) in [6.07, 6.45) is 10.7. The quantitative estimate of drug-likeness (QED) is 0.342. The number of aromatic nitrogens is 5. The summed E-state index contributed by atoms with van der Waals surface area (Å²) in [5.41, 5.74) is 8.47. The van der Waals surface area contributed by atoms with Crippen LogP contribution < -0.4 is 0 Å². The highest BCUT2D eigenvalue weighted by Gasteiger charge is 2.25. The van der Waals surface area contributed by atoms with Gasteiger partial charge in [0, 0.05) is 40.8 Å². The molecule has 0 aliphatic heterocycles. The molecule has 1 atom stereocenters. The first-order valence-electron chi connectivity index (χ1n) is 11.1. The minimum absolute atomic E-state index is 0.160. The van der Waals surface area contributed by atoms with Crippen LogP contribution in [-0.4, -0.2) is 24.5 Å². The summed E-state index contributed by atoms with van der Waals surface area (Å²) >= 11 is 0. The lowest BCUT2D eigenvalue weighted by Gasteiger charge is -2.16. The van der Waals surface area contributed by atoms with Gasteiger partial charge in [0.05, 0.1) is 35.0 Å². The number of pyridine rings is 1. The maximum Gasteiger partial charge on any atom is 0.141 e. The minimum Gasteiger partial charge on any atom is -0.361 e. The Morgan fingerprint density at radius 2 is 1.84 bits per heavy atom. The van der Waals surface area contributed by atoms with Gasteiger partial charge in [-0.15, -0.1) is 0 Å². The van der Waals surface area contributed by atoms with Crippen LogP contribution in [0.25, 0.3) is 33.3 Å². The van der Waals surface area contributed by atoms with Crippen molar-refractivity contribution in [1.82, 2.24) is 24.5 Å². The average molecular weight is 424 g/mol. The van der Waals surface area contributed by atoms with Crippen molar-refractivity contribution in [2.45, 2.75) is 45.7 Å². The third-order valence-corrected chi connectivity index (χ3v) is 6.52. The molecule has 1 fully saturated rings. The molecule has 0 spiro atoms. The Balaban J connectivity index is 1.55. The number of hydrogen-bond donors (Lipinski definition) is 0. The molecule has 0 radical (unpaired) electrons. The van der Waals surface area contributed by atoms with Gasteiger partial charge in [-0.3, -0.25) is 9.67 Å². The predicted molar refractivity (Wildman–Crippen MR) is 124 cm³/mol. The Bertz CT molecular complexity index is 1400. The lowest BCUT2D eigenvalue weighted by molar-refractivity contribution is 0.393. The van der Waals surface area contributed by atoms with Gasteiger partial charge in [0.15, 0.2) is 0 Å². The van der Waals surface area contributed by atoms with Gasteiger partial charge in [0.1, 0.15) is 5.76 Å². The summed E-state index contributed by atoms with van der Waals surface area (Å²) in [7, 11) is 0. The van der Waals surface area contributed by atoms with E-state index < -0.39 is 0 Å². The van der Waals surface area contributed by atoms with Crippen LogP contribution in [0.15, 0.2) is 65.7 Å². The second-order valence-corrected chi connectivity index (χ2v) is 8.77. The fourth-order valence-corrected chi connectivity index (χ4v) is 4.60. The summed E-state index contributed by atoms with van der Waals surface area (Å²) in [6, 6.07) is 13.5. The van der Waals surface area contributed by atoms with E-state index in [2.05, 4.69) is 75.2 Å². The molecule has 6 rings (SSSR count). The number of nitrogens with zero attached hydrogens (tertiary/aromatic N) is 5. The zero-order chi connectivity index (χ0) is 21.8. The molecule has 1 saturated carbocycles. The Morgan fingerprint density at radius 1 is 1.03 bits per heavy atom. The zero-order valence-electron chi connectivity index (χ0n) is 18.5. The maximum absolute atomic E-state index is 5.42. The maximum atomic E-state index is 5.42. The van der Waals surface area contributed by atoms with E-state index in [0.29, 0.717) is 6.04 Å². The molecule has 4 heterocycles. The Kier molecular flexibility index (Phi) is 4.28. The van der Waals surface area contributed by atoms with Gasteiger partial charge in [-0.2, -0.15) is 5.10 Å². The monoisotopic (exact) mass is 423 g/mol. The van der Waals surface area contributed by atoms with Crippen LogP contribution in [0, 0.1) is 13.8 Å². The average Bonchev–Trinajstić information content (AvgIpc) is 3.28. The summed E-state index contributed by atoms with van der Waals surface area (Å²) in [5.74, 6) is 0.809. The van der Waals surface area contributed by atoms with E-state index >= 15 is 0 Å². The van der Waals surface area contributed by atoms with Crippen LogP contribution in [0.1, 0.15) is 48.9 Å². The lowest BCUT2D eigenvalue weighted by Crippen LogP contribution is -2.05. The molecule has 160 valence electrons. The van der Waals surface area contributed by atoms with Crippen LogP contribution in [0.4, 0.5) is 0 Å². The molecule has 1 aliphatic carbocycles. The van der Waals surface area contributed by atoms with Crippen molar-refractivity contribution in [3.8, 4) is 22.3 Å². The second kappa shape index (κ2) is 7.19. The van der Waals surface area contributed by atoms with E-state index in [-0.39, 0.29) is 6.04 Å². The highest BCUT2D eigenvalue weighted by Crippen LogP contribution is 2.38. The number of aryl methyl sites for hydroxylation is 2. The summed E-state index contributed by atoms with van der Waals surface area (Å²) < 4.78 is 9.84. The number of fused-ring (bicyclic) bond motifs is 1. The normalized spacial score (nSPS) is 14.8. The van der Waals surface area contributed by atoms with E-state index in [4.69, 9.17) is 9.51 Å². The first-order valence-corrected chi connectivity index (χ1v) is 11.1. The van der Waals surface area contributed by atoms with Crippen molar-refractivity contribution in [3.63, 3.8) is 0 Å². The first kappa shape index (κ1) is 19.0. The molecule has 1 aromatic carbocycles. The SMILES string of the molecule is Cc1noc(C)c1-c1cnc2c(-c3cnn(C4CC4)c3)cn(C(C)c3ccccc3)c2c1. The van der Waals surface area contributed by atoms with E-state index in [1.807, 2.05) is 26.2 Å². The third kappa shape index (κ3) is 3.06. The molecule has 6 heteroatoms. The molecule has 5 aromatic rings. The van der Waals surface area contributed by atoms with Gasteiger partial charge in [-0.25, -0.2) is 0 Å². The van der Waals surface area contributed by atoms with Crippen molar-refractivity contribution < 1.29 is 4.52 Å². The van der Waals surface area contributed by atoms with Gasteiger partial charge in [-0.1, -0.05) is 35.5 Å². The van der Waals surface area contributed by atoms with Gasteiger partial charge in [0.2, 0.25) is 0 Å². The van der Waals surface area contributed by atoms with Gasteiger partial charge in [0.25, 0.3) is 0 Å². The molecule has 6 nitrogen and oxygen atoms in total. The highest BCUT2D eigenvalue weighted by atomic mass is 16.5. The molecule has 1 aliphatic rings. The van der Waals surface area contributed by atoms with Gasteiger partial charge >= 0.3 is 0 Å². The zero-order valence-corrected chi connectivity index (χ0v) is 18.5. The number of hydrogen-bond acceptors (Lipinski definition) is 4. The fraction of sp³-hybridized carbons (Fsp3) is 0.269. The van der Waals surface area contributed by atoms with E-state index in [0.717, 1.165) is 44.7 Å². The van der Waals surface area contributed by atoms with E-state index in [1.54, 1.807) is 0 Å². The topological polar surface area (TPSA) is 61.7 Å². The van der Waals surface area contributed by atoms with Crippen LogP contribution in [-0.2, 0) is 0 Å². The minimum atomic E-state index is 0.160. The van der Waals surface area contributed by atoms with Crippen LogP contribution >= 0.6 is 0 Å². The number of rotatable bonds is 5. The Hall–Kier alpha value is -3.67. The van der Waals surface area contributed by atoms with Crippen molar-refractivity contribution in [2.24, 2.45) is 0 Å². The number of benzene rings is 1. The van der Waals surface area contributed by atoms with Crippen LogP contribution in [0.5, 0.6) is 0 Å². The highest BCUT2D eigenvalue weighted by molar-refractivity contribution is 5.95. The fourth-order valence-electron chi connectivity index (χ4n) is 4.60. The largest absolute Gasteiger partial charge is 0.361 e. The lowest BCUT2D eigenvalue weighted by atomic mass is 10.0. The van der Waals surface area contributed by atoms with E-state index in [1.165, 1.54) is 18.4 Å². The molecular formula is C26H25N5O. The molecule has 32 heavy (non-hydrogen) atoms. The smallest absolute Gasteiger partial charge is 0.141 e. The van der Waals surface area contributed by atoms with Crippen molar-refractivity contribution in [3.05, 3.63) is 78.2 Å². The molecule has 0 amide bonds.